The van der Waals surface area contributed by atoms with Gasteiger partial charge in [0.1, 0.15) is 17.6 Å². The molecule has 1 unspecified atom stereocenters. The zero-order valence-electron chi connectivity index (χ0n) is 14.1. The molecule has 0 saturated carbocycles. The second-order valence-corrected chi connectivity index (χ2v) is 6.36. The summed E-state index contributed by atoms with van der Waals surface area (Å²) in [5.41, 5.74) is -0.403. The fourth-order valence-electron chi connectivity index (χ4n) is 1.98. The first kappa shape index (κ1) is 19.0. The van der Waals surface area contributed by atoms with Gasteiger partial charge in [-0.2, -0.15) is 0 Å². The minimum Gasteiger partial charge on any atom is -0.478 e. The lowest BCUT2D eigenvalue weighted by Crippen LogP contribution is -2.42. The van der Waals surface area contributed by atoms with E-state index in [1.807, 2.05) is 20.8 Å². The SMILES string of the molecule is CCCC(CNC(=O)OC(C)(C)C)NCc1cc(C(=O)O)co1. The van der Waals surface area contributed by atoms with Crippen molar-refractivity contribution in [2.45, 2.75) is 58.7 Å². The van der Waals surface area contributed by atoms with Crippen LogP contribution in [0.1, 0.15) is 56.7 Å². The van der Waals surface area contributed by atoms with Crippen molar-refractivity contribution in [1.82, 2.24) is 10.6 Å². The standard InChI is InChI=1S/C16H26N2O5/c1-5-6-12(8-18-15(21)23-16(2,3)4)17-9-13-7-11(10-22-13)14(19)20/h7,10,12,17H,5-6,8-9H2,1-4H3,(H,18,21)(H,19,20). The van der Waals surface area contributed by atoms with E-state index < -0.39 is 17.7 Å². The second-order valence-electron chi connectivity index (χ2n) is 6.36. The summed E-state index contributed by atoms with van der Waals surface area (Å²) in [5, 5.41) is 14.8. The molecule has 130 valence electrons. The van der Waals surface area contributed by atoms with Crippen molar-refractivity contribution in [3.63, 3.8) is 0 Å². The Bertz CT molecular complexity index is 519. The van der Waals surface area contributed by atoms with E-state index >= 15 is 0 Å². The number of carbonyl (C=O) groups is 2. The number of hydrogen-bond donors (Lipinski definition) is 3. The minimum atomic E-state index is -1.02. The maximum Gasteiger partial charge on any atom is 0.407 e. The van der Waals surface area contributed by atoms with Crippen LogP contribution in [0.15, 0.2) is 16.7 Å². The van der Waals surface area contributed by atoms with Crippen molar-refractivity contribution in [2.75, 3.05) is 6.54 Å². The molecule has 1 rings (SSSR count). The van der Waals surface area contributed by atoms with E-state index in [1.54, 1.807) is 0 Å². The average molecular weight is 326 g/mol. The van der Waals surface area contributed by atoms with Crippen molar-refractivity contribution in [2.24, 2.45) is 0 Å². The van der Waals surface area contributed by atoms with E-state index in [1.165, 1.54) is 12.3 Å². The molecular formula is C16H26N2O5. The largest absolute Gasteiger partial charge is 0.478 e. The van der Waals surface area contributed by atoms with Gasteiger partial charge >= 0.3 is 12.1 Å². The molecule has 1 heterocycles. The van der Waals surface area contributed by atoms with Crippen molar-refractivity contribution in [3.05, 3.63) is 23.7 Å². The highest BCUT2D eigenvalue weighted by Crippen LogP contribution is 2.09. The molecule has 0 saturated heterocycles. The lowest BCUT2D eigenvalue weighted by Gasteiger charge is -2.22. The zero-order valence-corrected chi connectivity index (χ0v) is 14.1. The highest BCUT2D eigenvalue weighted by Gasteiger charge is 2.17. The van der Waals surface area contributed by atoms with Crippen LogP contribution >= 0.6 is 0 Å². The molecule has 0 fully saturated rings. The van der Waals surface area contributed by atoms with E-state index in [0.717, 1.165) is 12.8 Å². The molecule has 0 aliphatic carbocycles. The van der Waals surface area contributed by atoms with Crippen LogP contribution in [0.4, 0.5) is 4.79 Å². The monoisotopic (exact) mass is 326 g/mol. The number of furan rings is 1. The Morgan fingerprint density at radius 1 is 1.39 bits per heavy atom. The first-order valence-electron chi connectivity index (χ1n) is 7.72. The predicted octanol–water partition coefficient (Wildman–Crippen LogP) is 2.76. The summed E-state index contributed by atoms with van der Waals surface area (Å²) in [5.74, 6) is -0.475. The van der Waals surface area contributed by atoms with Gasteiger partial charge in [0, 0.05) is 12.6 Å². The molecule has 0 aromatic carbocycles. The number of nitrogens with one attached hydrogen (secondary N) is 2. The zero-order chi connectivity index (χ0) is 17.5. The summed E-state index contributed by atoms with van der Waals surface area (Å²) < 4.78 is 10.4. The van der Waals surface area contributed by atoms with Crippen LogP contribution in [0.2, 0.25) is 0 Å². The van der Waals surface area contributed by atoms with Gasteiger partial charge in [0.15, 0.2) is 0 Å². The van der Waals surface area contributed by atoms with Gasteiger partial charge in [-0.1, -0.05) is 13.3 Å². The van der Waals surface area contributed by atoms with Crippen molar-refractivity contribution < 1.29 is 23.8 Å². The van der Waals surface area contributed by atoms with Crippen LogP contribution in [-0.2, 0) is 11.3 Å². The number of carboxylic acids is 1. The van der Waals surface area contributed by atoms with Crippen LogP contribution in [0.25, 0.3) is 0 Å². The number of aromatic carboxylic acids is 1. The van der Waals surface area contributed by atoms with Gasteiger partial charge in [0.2, 0.25) is 0 Å². The second kappa shape index (κ2) is 8.57. The third-order valence-electron chi connectivity index (χ3n) is 2.99. The smallest absolute Gasteiger partial charge is 0.407 e. The van der Waals surface area contributed by atoms with Gasteiger partial charge in [-0.3, -0.25) is 0 Å². The highest BCUT2D eigenvalue weighted by molar-refractivity contribution is 5.87. The summed E-state index contributed by atoms with van der Waals surface area (Å²) in [4.78, 5) is 22.5. The lowest BCUT2D eigenvalue weighted by atomic mass is 10.1. The molecule has 3 N–H and O–H groups in total. The summed E-state index contributed by atoms with van der Waals surface area (Å²) in [6.07, 6.45) is 2.58. The van der Waals surface area contributed by atoms with Gasteiger partial charge in [0.05, 0.1) is 12.1 Å². The Kier molecular flexibility index (Phi) is 7.09. The number of amides is 1. The quantitative estimate of drug-likeness (QED) is 0.679. The van der Waals surface area contributed by atoms with Gasteiger partial charge in [0.25, 0.3) is 0 Å². The highest BCUT2D eigenvalue weighted by atomic mass is 16.6. The van der Waals surface area contributed by atoms with E-state index in [2.05, 4.69) is 17.6 Å². The van der Waals surface area contributed by atoms with E-state index in [4.69, 9.17) is 14.3 Å². The Balaban J connectivity index is 2.44. The van der Waals surface area contributed by atoms with Gasteiger partial charge in [-0.15, -0.1) is 0 Å². The van der Waals surface area contributed by atoms with Gasteiger partial charge < -0.3 is 24.9 Å². The maximum absolute atomic E-state index is 11.7. The molecule has 0 bridgehead atoms. The first-order valence-corrected chi connectivity index (χ1v) is 7.72. The van der Waals surface area contributed by atoms with Crippen molar-refractivity contribution >= 4 is 12.1 Å². The summed E-state index contributed by atoms with van der Waals surface area (Å²) in [6.45, 7) is 8.31. The number of carboxylic acid groups (broad SMARTS) is 1. The summed E-state index contributed by atoms with van der Waals surface area (Å²) >= 11 is 0. The number of alkyl carbamates (subject to hydrolysis) is 1. The lowest BCUT2D eigenvalue weighted by molar-refractivity contribution is 0.0521. The van der Waals surface area contributed by atoms with E-state index in [9.17, 15) is 9.59 Å². The Morgan fingerprint density at radius 2 is 2.09 bits per heavy atom. The molecule has 1 amide bonds. The normalized spacial score (nSPS) is 12.7. The van der Waals surface area contributed by atoms with E-state index in [0.29, 0.717) is 18.8 Å². The molecule has 1 aromatic heterocycles. The predicted molar refractivity (Wildman–Crippen MR) is 85.4 cm³/mol. The fourth-order valence-corrected chi connectivity index (χ4v) is 1.98. The fraction of sp³-hybridized carbons (Fsp3) is 0.625. The van der Waals surface area contributed by atoms with Gasteiger partial charge in [-0.25, -0.2) is 9.59 Å². The average Bonchev–Trinajstić information content (AvgIpc) is 2.89. The number of rotatable bonds is 8. The molecule has 1 atom stereocenters. The first-order chi connectivity index (χ1) is 10.7. The molecule has 1 aromatic rings. The van der Waals surface area contributed by atoms with E-state index in [-0.39, 0.29) is 11.6 Å². The number of ether oxygens (including phenoxy) is 1. The minimum absolute atomic E-state index is 0.0471. The third kappa shape index (κ3) is 7.69. The number of hydrogen-bond acceptors (Lipinski definition) is 5. The Hall–Kier alpha value is -2.02. The molecule has 23 heavy (non-hydrogen) atoms. The molecule has 7 heteroatoms. The molecule has 0 spiro atoms. The molecule has 0 aliphatic rings. The maximum atomic E-state index is 11.7. The number of carbonyl (C=O) groups excluding carboxylic acids is 1. The van der Waals surface area contributed by atoms with Crippen molar-refractivity contribution in [3.8, 4) is 0 Å². The third-order valence-corrected chi connectivity index (χ3v) is 2.99. The molecule has 7 nitrogen and oxygen atoms in total. The summed E-state index contributed by atoms with van der Waals surface area (Å²) in [6, 6.07) is 1.53. The molecule has 0 radical (unpaired) electrons. The Labute approximate surface area is 136 Å². The van der Waals surface area contributed by atoms with Crippen LogP contribution in [0, 0.1) is 0 Å². The Morgan fingerprint density at radius 3 is 2.61 bits per heavy atom. The summed E-state index contributed by atoms with van der Waals surface area (Å²) in [7, 11) is 0. The van der Waals surface area contributed by atoms with Gasteiger partial charge in [-0.05, 0) is 33.3 Å². The van der Waals surface area contributed by atoms with Crippen molar-refractivity contribution in [1.29, 1.82) is 0 Å². The van der Waals surface area contributed by atoms with Crippen LogP contribution < -0.4 is 10.6 Å². The van der Waals surface area contributed by atoms with Crippen LogP contribution in [-0.4, -0.2) is 35.4 Å². The van der Waals surface area contributed by atoms with Crippen LogP contribution in [0.3, 0.4) is 0 Å². The molecule has 0 aliphatic heterocycles. The topological polar surface area (TPSA) is 101 Å². The van der Waals surface area contributed by atoms with Crippen LogP contribution in [0.5, 0.6) is 0 Å². The molecular weight excluding hydrogens is 300 g/mol.